The summed E-state index contributed by atoms with van der Waals surface area (Å²) in [6.07, 6.45) is 0.544. The van der Waals surface area contributed by atoms with Gasteiger partial charge in [0.1, 0.15) is 0 Å². The molecule has 0 radical (unpaired) electrons. The summed E-state index contributed by atoms with van der Waals surface area (Å²) in [5.74, 6) is 0.157. The molecule has 0 aromatic heterocycles. The van der Waals surface area contributed by atoms with Gasteiger partial charge in [0.05, 0.1) is 6.61 Å². The number of benzene rings is 1. The highest BCUT2D eigenvalue weighted by Gasteiger charge is 2.16. The normalized spacial score (nSPS) is 15.0. The smallest absolute Gasteiger partial charge is 0.166 e. The molecule has 1 aromatic rings. The quantitative estimate of drug-likeness (QED) is 0.677. The first-order valence-corrected chi connectivity index (χ1v) is 4.32. The molecule has 3 nitrogen and oxygen atoms in total. The number of nitrogens with one attached hydrogen (secondary N) is 1. The number of hydrogen-bond donors (Lipinski definition) is 2. The van der Waals surface area contributed by atoms with Crippen molar-refractivity contribution in [3.05, 3.63) is 29.3 Å². The van der Waals surface area contributed by atoms with E-state index in [1.165, 1.54) is 0 Å². The Labute approximate surface area is 76.4 Å². The molecular weight excluding hydrogens is 166 g/mol. The van der Waals surface area contributed by atoms with Crippen molar-refractivity contribution in [3.8, 4) is 0 Å². The van der Waals surface area contributed by atoms with Gasteiger partial charge in [-0.2, -0.15) is 0 Å². The van der Waals surface area contributed by atoms with E-state index in [-0.39, 0.29) is 12.4 Å². The molecule has 0 aliphatic carbocycles. The summed E-state index contributed by atoms with van der Waals surface area (Å²) in [4.78, 5) is 11.4. The van der Waals surface area contributed by atoms with Crippen LogP contribution in [0.3, 0.4) is 0 Å². The van der Waals surface area contributed by atoms with Crippen LogP contribution in [0.5, 0.6) is 0 Å². The lowest BCUT2D eigenvalue weighted by molar-refractivity contribution is 0.0983. The molecule has 68 valence electrons. The van der Waals surface area contributed by atoms with Crippen LogP contribution in [0.1, 0.15) is 22.3 Å². The number of ketones is 1. The zero-order valence-corrected chi connectivity index (χ0v) is 7.21. The summed E-state index contributed by atoms with van der Waals surface area (Å²) in [5.41, 5.74) is 2.38. The highest BCUT2D eigenvalue weighted by Crippen LogP contribution is 2.22. The Hall–Kier alpha value is -1.35. The summed E-state index contributed by atoms with van der Waals surface area (Å²) in [6, 6.07) is 5.42. The van der Waals surface area contributed by atoms with Gasteiger partial charge in [0.25, 0.3) is 0 Å². The predicted octanol–water partition coefficient (Wildman–Crippen LogP) is 1.18. The fourth-order valence-corrected chi connectivity index (χ4v) is 1.52. The molecule has 0 fully saturated rings. The second kappa shape index (κ2) is 3.18. The maximum Gasteiger partial charge on any atom is 0.166 e. The Kier molecular flexibility index (Phi) is 2.02. The minimum absolute atomic E-state index is 0.0133. The van der Waals surface area contributed by atoms with Gasteiger partial charge in [0.15, 0.2) is 5.78 Å². The Morgan fingerprint density at radius 2 is 2.31 bits per heavy atom. The Bertz CT molecular complexity index is 347. The highest BCUT2D eigenvalue weighted by molar-refractivity contribution is 6.03. The molecule has 0 atom stereocenters. The molecule has 3 heteroatoms. The largest absolute Gasteiger partial charge is 0.392 e. The van der Waals surface area contributed by atoms with Crippen molar-refractivity contribution in [1.29, 1.82) is 0 Å². The zero-order valence-electron chi connectivity index (χ0n) is 7.21. The first-order valence-electron chi connectivity index (χ1n) is 4.32. The Balaban J connectivity index is 2.47. The molecule has 0 unspecified atom stereocenters. The summed E-state index contributed by atoms with van der Waals surface area (Å²) >= 11 is 0. The fourth-order valence-electron chi connectivity index (χ4n) is 1.52. The third-order valence-corrected chi connectivity index (χ3v) is 2.23. The van der Waals surface area contributed by atoms with Crippen molar-refractivity contribution in [2.75, 3.05) is 11.9 Å². The number of Topliss-reactive ketones (excluding diaryl/α,β-unsaturated/α-hetero) is 1. The summed E-state index contributed by atoms with van der Waals surface area (Å²) in [6.45, 7) is 0.699. The van der Waals surface area contributed by atoms with Crippen LogP contribution in [0.25, 0.3) is 0 Å². The third kappa shape index (κ3) is 1.42. The number of aliphatic hydroxyl groups is 1. The topological polar surface area (TPSA) is 49.3 Å². The Morgan fingerprint density at radius 3 is 3.08 bits per heavy atom. The maximum absolute atomic E-state index is 11.4. The van der Waals surface area contributed by atoms with Gasteiger partial charge >= 0.3 is 0 Å². The number of hydrogen-bond acceptors (Lipinski definition) is 3. The minimum atomic E-state index is -0.0133. The lowest BCUT2D eigenvalue weighted by Crippen LogP contribution is -2.17. The van der Waals surface area contributed by atoms with Crippen LogP contribution in [0, 0.1) is 0 Å². The van der Waals surface area contributed by atoms with Crippen LogP contribution < -0.4 is 5.32 Å². The van der Waals surface area contributed by atoms with Crippen LogP contribution in [0.2, 0.25) is 0 Å². The summed E-state index contributed by atoms with van der Waals surface area (Å²) < 4.78 is 0. The minimum Gasteiger partial charge on any atom is -0.392 e. The number of rotatable bonds is 1. The molecule has 2 N–H and O–H groups in total. The summed E-state index contributed by atoms with van der Waals surface area (Å²) in [5, 5.41) is 12.0. The predicted molar refractivity (Wildman–Crippen MR) is 49.8 cm³/mol. The van der Waals surface area contributed by atoms with Crippen molar-refractivity contribution in [3.63, 3.8) is 0 Å². The standard InChI is InChI=1S/C10H11NO2/c12-6-7-1-2-9-8(5-7)10(13)3-4-11-9/h1-2,5,11-12H,3-4,6H2. The van der Waals surface area contributed by atoms with E-state index in [2.05, 4.69) is 5.32 Å². The first kappa shape index (κ1) is 8.26. The van der Waals surface area contributed by atoms with Crippen molar-refractivity contribution < 1.29 is 9.90 Å². The molecule has 13 heavy (non-hydrogen) atoms. The first-order chi connectivity index (χ1) is 6.31. The number of carbonyl (C=O) groups is 1. The van der Waals surface area contributed by atoms with Gasteiger partial charge in [-0.1, -0.05) is 6.07 Å². The van der Waals surface area contributed by atoms with Gasteiger partial charge < -0.3 is 10.4 Å². The monoisotopic (exact) mass is 177 g/mol. The van der Waals surface area contributed by atoms with Gasteiger partial charge in [0.2, 0.25) is 0 Å². The van der Waals surface area contributed by atoms with Gasteiger partial charge in [-0.15, -0.1) is 0 Å². The number of anilines is 1. The third-order valence-electron chi connectivity index (χ3n) is 2.23. The number of fused-ring (bicyclic) bond motifs is 1. The van der Waals surface area contributed by atoms with Gasteiger partial charge in [-0.25, -0.2) is 0 Å². The van der Waals surface area contributed by atoms with Crippen molar-refractivity contribution >= 4 is 11.5 Å². The number of aliphatic hydroxyl groups excluding tert-OH is 1. The number of carbonyl (C=O) groups excluding carboxylic acids is 1. The van der Waals surface area contributed by atoms with E-state index in [0.29, 0.717) is 18.5 Å². The molecular formula is C10H11NO2. The van der Waals surface area contributed by atoms with Crippen molar-refractivity contribution in [1.82, 2.24) is 0 Å². The fraction of sp³-hybridized carbons (Fsp3) is 0.300. The lowest BCUT2D eigenvalue weighted by atomic mass is 10.00. The molecule has 1 aromatic carbocycles. The molecule has 1 aliphatic heterocycles. The molecule has 0 bridgehead atoms. The second-order valence-corrected chi connectivity index (χ2v) is 3.14. The van der Waals surface area contributed by atoms with Gasteiger partial charge in [-0.3, -0.25) is 4.79 Å². The molecule has 0 saturated carbocycles. The SMILES string of the molecule is O=C1CCNc2ccc(CO)cc21. The van der Waals surface area contributed by atoms with E-state index in [1.54, 1.807) is 6.07 Å². The second-order valence-electron chi connectivity index (χ2n) is 3.14. The zero-order chi connectivity index (χ0) is 9.26. The van der Waals surface area contributed by atoms with E-state index in [9.17, 15) is 4.79 Å². The van der Waals surface area contributed by atoms with Gasteiger partial charge in [-0.05, 0) is 17.7 Å². The van der Waals surface area contributed by atoms with E-state index in [0.717, 1.165) is 11.3 Å². The lowest BCUT2D eigenvalue weighted by Gasteiger charge is -2.17. The molecule has 0 saturated heterocycles. The molecule has 0 spiro atoms. The van der Waals surface area contributed by atoms with E-state index < -0.39 is 0 Å². The average molecular weight is 177 g/mol. The molecule has 1 heterocycles. The molecule has 1 aliphatic rings. The van der Waals surface area contributed by atoms with E-state index in [1.807, 2.05) is 12.1 Å². The van der Waals surface area contributed by atoms with Crippen molar-refractivity contribution in [2.45, 2.75) is 13.0 Å². The van der Waals surface area contributed by atoms with Gasteiger partial charge in [0, 0.05) is 24.2 Å². The van der Waals surface area contributed by atoms with Crippen LogP contribution in [0.4, 0.5) is 5.69 Å². The average Bonchev–Trinajstić information content (AvgIpc) is 2.18. The molecule has 2 rings (SSSR count). The van der Waals surface area contributed by atoms with E-state index >= 15 is 0 Å². The van der Waals surface area contributed by atoms with Crippen LogP contribution in [0.15, 0.2) is 18.2 Å². The van der Waals surface area contributed by atoms with Crippen LogP contribution >= 0.6 is 0 Å². The van der Waals surface area contributed by atoms with Crippen LogP contribution in [-0.2, 0) is 6.61 Å². The highest BCUT2D eigenvalue weighted by atomic mass is 16.3. The Morgan fingerprint density at radius 1 is 1.46 bits per heavy atom. The summed E-state index contributed by atoms with van der Waals surface area (Å²) in [7, 11) is 0. The maximum atomic E-state index is 11.4. The van der Waals surface area contributed by atoms with Crippen molar-refractivity contribution in [2.24, 2.45) is 0 Å². The van der Waals surface area contributed by atoms with Crippen LogP contribution in [-0.4, -0.2) is 17.4 Å². The molecule has 0 amide bonds. The van der Waals surface area contributed by atoms with E-state index in [4.69, 9.17) is 5.11 Å².